The summed E-state index contributed by atoms with van der Waals surface area (Å²) in [4.78, 5) is 6.67. The van der Waals surface area contributed by atoms with Crippen LogP contribution in [0.15, 0.2) is 24.3 Å². The van der Waals surface area contributed by atoms with Gasteiger partial charge in [0, 0.05) is 25.0 Å². The predicted molar refractivity (Wildman–Crippen MR) is 89.5 cm³/mol. The molecule has 0 atom stereocenters. The van der Waals surface area contributed by atoms with Gasteiger partial charge < -0.3 is 10.4 Å². The van der Waals surface area contributed by atoms with Crippen molar-refractivity contribution in [1.29, 1.82) is 0 Å². The van der Waals surface area contributed by atoms with Crippen LogP contribution < -0.4 is 5.32 Å². The molecule has 1 aromatic carbocycles. The molecule has 4 nitrogen and oxygen atoms in total. The average Bonchev–Trinajstić information content (AvgIpc) is 2.50. The van der Waals surface area contributed by atoms with Crippen molar-refractivity contribution >= 4 is 39.9 Å². The van der Waals surface area contributed by atoms with E-state index in [-0.39, 0.29) is 6.61 Å². The van der Waals surface area contributed by atoms with Gasteiger partial charge in [-0.3, -0.25) is 4.90 Å². The first-order valence-corrected chi connectivity index (χ1v) is 7.73. The van der Waals surface area contributed by atoms with Crippen LogP contribution in [0.4, 0.5) is 5.82 Å². The quantitative estimate of drug-likeness (QED) is 0.819. The van der Waals surface area contributed by atoms with E-state index in [2.05, 4.69) is 22.1 Å². The Morgan fingerprint density at radius 1 is 1.14 bits per heavy atom. The summed E-state index contributed by atoms with van der Waals surface area (Å²) in [7, 11) is 0. The van der Waals surface area contributed by atoms with Crippen LogP contribution in [0.3, 0.4) is 0 Å². The molecule has 0 saturated heterocycles. The standard InChI is InChI=1S/C15H19Cl2N3O/c1-2-20(9-10-21)8-7-18-14-6-3-11-12(16)4-5-13(17)15(11)19-14/h3-6,21H,2,7-10H2,1H3,(H,18,19). The van der Waals surface area contributed by atoms with Gasteiger partial charge in [0.15, 0.2) is 0 Å². The number of anilines is 1. The number of aliphatic hydroxyl groups is 1. The average molecular weight is 328 g/mol. The second-order valence-corrected chi connectivity index (χ2v) is 5.52. The summed E-state index contributed by atoms with van der Waals surface area (Å²) in [5.41, 5.74) is 0.705. The molecule has 0 aliphatic heterocycles. The number of likely N-dealkylation sites (N-methyl/N-ethyl adjacent to an activating group) is 1. The molecule has 0 fully saturated rings. The van der Waals surface area contributed by atoms with Crippen molar-refractivity contribution in [2.75, 3.05) is 38.1 Å². The minimum absolute atomic E-state index is 0.177. The Bertz CT molecular complexity index is 607. The van der Waals surface area contributed by atoms with E-state index in [1.165, 1.54) is 0 Å². The van der Waals surface area contributed by atoms with Crippen LogP contribution in [0, 0.1) is 0 Å². The van der Waals surface area contributed by atoms with Crippen molar-refractivity contribution in [2.24, 2.45) is 0 Å². The maximum Gasteiger partial charge on any atom is 0.126 e. The summed E-state index contributed by atoms with van der Waals surface area (Å²) in [5, 5.41) is 14.3. The van der Waals surface area contributed by atoms with Gasteiger partial charge in [0.25, 0.3) is 0 Å². The molecule has 0 radical (unpaired) electrons. The Morgan fingerprint density at radius 2 is 1.90 bits per heavy atom. The molecule has 2 rings (SSSR count). The highest BCUT2D eigenvalue weighted by atomic mass is 35.5. The highest BCUT2D eigenvalue weighted by Gasteiger charge is 2.06. The fraction of sp³-hybridized carbons (Fsp3) is 0.400. The molecule has 0 unspecified atom stereocenters. The van der Waals surface area contributed by atoms with E-state index in [4.69, 9.17) is 28.3 Å². The Balaban J connectivity index is 2.04. The number of halogens is 2. The van der Waals surface area contributed by atoms with E-state index in [1.54, 1.807) is 12.1 Å². The zero-order chi connectivity index (χ0) is 15.2. The third kappa shape index (κ3) is 4.20. The lowest BCUT2D eigenvalue weighted by molar-refractivity contribution is 0.206. The maximum atomic E-state index is 8.96. The molecule has 1 aromatic heterocycles. The molecule has 21 heavy (non-hydrogen) atoms. The van der Waals surface area contributed by atoms with Crippen LogP contribution in [0.25, 0.3) is 10.9 Å². The van der Waals surface area contributed by atoms with E-state index in [0.717, 1.165) is 30.8 Å². The lowest BCUT2D eigenvalue weighted by atomic mass is 10.2. The fourth-order valence-corrected chi connectivity index (χ4v) is 2.58. The summed E-state index contributed by atoms with van der Waals surface area (Å²) in [5.74, 6) is 0.770. The van der Waals surface area contributed by atoms with Crippen molar-refractivity contribution in [3.63, 3.8) is 0 Å². The van der Waals surface area contributed by atoms with Crippen molar-refractivity contribution in [1.82, 2.24) is 9.88 Å². The third-order valence-corrected chi connectivity index (χ3v) is 3.99. The Morgan fingerprint density at radius 3 is 2.62 bits per heavy atom. The third-order valence-electron chi connectivity index (χ3n) is 3.35. The SMILES string of the molecule is CCN(CCO)CCNc1ccc2c(Cl)ccc(Cl)c2n1. The number of pyridine rings is 1. The molecule has 0 bridgehead atoms. The van der Waals surface area contributed by atoms with Crippen molar-refractivity contribution in [3.05, 3.63) is 34.3 Å². The summed E-state index contributed by atoms with van der Waals surface area (Å²) in [6.45, 7) is 5.45. The number of aliphatic hydroxyl groups excluding tert-OH is 1. The second-order valence-electron chi connectivity index (χ2n) is 4.71. The fourth-order valence-electron chi connectivity index (χ4n) is 2.16. The maximum absolute atomic E-state index is 8.96. The molecule has 1 heterocycles. The van der Waals surface area contributed by atoms with E-state index in [0.29, 0.717) is 22.1 Å². The molecule has 6 heteroatoms. The number of nitrogens with one attached hydrogen (secondary N) is 1. The van der Waals surface area contributed by atoms with Crippen LogP contribution in [0.5, 0.6) is 0 Å². The lowest BCUT2D eigenvalue weighted by Gasteiger charge is -2.19. The van der Waals surface area contributed by atoms with Crippen LogP contribution in [-0.2, 0) is 0 Å². The highest BCUT2D eigenvalue weighted by Crippen LogP contribution is 2.29. The molecule has 2 N–H and O–H groups in total. The highest BCUT2D eigenvalue weighted by molar-refractivity contribution is 6.39. The van der Waals surface area contributed by atoms with Gasteiger partial charge in [0.2, 0.25) is 0 Å². The van der Waals surface area contributed by atoms with Crippen LogP contribution >= 0.6 is 23.2 Å². The number of fused-ring (bicyclic) bond motifs is 1. The second kappa shape index (κ2) is 7.80. The van der Waals surface area contributed by atoms with Gasteiger partial charge in [-0.1, -0.05) is 30.1 Å². The van der Waals surface area contributed by atoms with Crippen molar-refractivity contribution in [2.45, 2.75) is 6.92 Å². The first-order valence-electron chi connectivity index (χ1n) is 6.97. The lowest BCUT2D eigenvalue weighted by Crippen LogP contribution is -2.31. The Hall–Kier alpha value is -1.07. The van der Waals surface area contributed by atoms with Crippen molar-refractivity contribution in [3.8, 4) is 0 Å². The topological polar surface area (TPSA) is 48.4 Å². The molecule has 0 saturated carbocycles. The van der Waals surface area contributed by atoms with Gasteiger partial charge >= 0.3 is 0 Å². The molecular formula is C15H19Cl2N3O. The summed E-state index contributed by atoms with van der Waals surface area (Å²) >= 11 is 12.3. The number of benzene rings is 1. The van der Waals surface area contributed by atoms with E-state index < -0.39 is 0 Å². The first kappa shape index (κ1) is 16.3. The van der Waals surface area contributed by atoms with E-state index >= 15 is 0 Å². The number of hydrogen-bond donors (Lipinski definition) is 2. The van der Waals surface area contributed by atoms with Crippen LogP contribution in [0.1, 0.15) is 6.92 Å². The van der Waals surface area contributed by atoms with Gasteiger partial charge in [0.1, 0.15) is 5.82 Å². The zero-order valence-corrected chi connectivity index (χ0v) is 13.5. The molecule has 114 valence electrons. The van der Waals surface area contributed by atoms with E-state index in [1.807, 2.05) is 12.1 Å². The smallest absolute Gasteiger partial charge is 0.126 e. The minimum atomic E-state index is 0.177. The summed E-state index contributed by atoms with van der Waals surface area (Å²) in [6.07, 6.45) is 0. The number of nitrogens with zero attached hydrogens (tertiary/aromatic N) is 2. The molecule has 0 aliphatic rings. The van der Waals surface area contributed by atoms with Gasteiger partial charge in [-0.15, -0.1) is 0 Å². The summed E-state index contributed by atoms with van der Waals surface area (Å²) < 4.78 is 0. The van der Waals surface area contributed by atoms with Crippen LogP contribution in [-0.4, -0.2) is 47.8 Å². The molecule has 0 spiro atoms. The Labute approximate surface area is 134 Å². The summed E-state index contributed by atoms with van der Waals surface area (Å²) in [6, 6.07) is 7.34. The molecule has 2 aromatic rings. The monoisotopic (exact) mass is 327 g/mol. The van der Waals surface area contributed by atoms with Crippen LogP contribution in [0.2, 0.25) is 10.0 Å². The minimum Gasteiger partial charge on any atom is -0.395 e. The number of rotatable bonds is 7. The molecule has 0 aliphatic carbocycles. The van der Waals surface area contributed by atoms with Gasteiger partial charge in [-0.25, -0.2) is 4.98 Å². The van der Waals surface area contributed by atoms with E-state index in [9.17, 15) is 0 Å². The Kier molecular flexibility index (Phi) is 6.06. The number of aromatic nitrogens is 1. The predicted octanol–water partition coefficient (Wildman–Crippen LogP) is 3.27. The van der Waals surface area contributed by atoms with Gasteiger partial charge in [0.05, 0.1) is 22.2 Å². The van der Waals surface area contributed by atoms with Crippen molar-refractivity contribution < 1.29 is 5.11 Å². The van der Waals surface area contributed by atoms with Gasteiger partial charge in [-0.05, 0) is 30.8 Å². The zero-order valence-electron chi connectivity index (χ0n) is 11.9. The first-order chi connectivity index (χ1) is 10.2. The molecular weight excluding hydrogens is 309 g/mol. The largest absolute Gasteiger partial charge is 0.395 e. The van der Waals surface area contributed by atoms with Gasteiger partial charge in [-0.2, -0.15) is 0 Å². The molecule has 0 amide bonds. The normalized spacial score (nSPS) is 11.3. The number of hydrogen-bond acceptors (Lipinski definition) is 4.